The lowest BCUT2D eigenvalue weighted by Gasteiger charge is -2.32. The molecular weight excluding hydrogens is 388 g/mol. The first kappa shape index (κ1) is 20.8. The maximum Gasteiger partial charge on any atom is 0.270 e. The van der Waals surface area contributed by atoms with Gasteiger partial charge in [-0.25, -0.2) is 4.98 Å². The van der Waals surface area contributed by atoms with E-state index >= 15 is 0 Å². The number of carbonyl (C=O) groups excluding carboxylic acids is 2. The van der Waals surface area contributed by atoms with Gasteiger partial charge in [-0.05, 0) is 36.9 Å². The average Bonchev–Trinajstić information content (AvgIpc) is 2.83. The quantitative estimate of drug-likeness (QED) is 0.697. The van der Waals surface area contributed by atoms with E-state index in [0.29, 0.717) is 23.5 Å². The lowest BCUT2D eigenvalue weighted by atomic mass is 10.1. The molecule has 6 heteroatoms. The van der Waals surface area contributed by atoms with Crippen LogP contribution < -0.4 is 5.32 Å². The molecule has 1 fully saturated rings. The minimum Gasteiger partial charge on any atom is -0.347 e. The highest BCUT2D eigenvalue weighted by atomic mass is 16.2. The predicted octanol–water partition coefficient (Wildman–Crippen LogP) is 3.07. The number of amides is 2. The number of piperazine rings is 1. The summed E-state index contributed by atoms with van der Waals surface area (Å²) in [5.41, 5.74) is 3.64. The third kappa shape index (κ3) is 5.16. The fourth-order valence-corrected chi connectivity index (χ4v) is 3.57. The first-order valence-electron chi connectivity index (χ1n) is 10.5. The summed E-state index contributed by atoms with van der Waals surface area (Å²) in [4.78, 5) is 33.9. The number of carbonyl (C=O) groups is 2. The van der Waals surface area contributed by atoms with Crippen LogP contribution >= 0.6 is 0 Å². The molecule has 1 saturated heterocycles. The zero-order valence-corrected chi connectivity index (χ0v) is 17.6. The summed E-state index contributed by atoms with van der Waals surface area (Å²) in [5, 5.41) is 2.90. The van der Waals surface area contributed by atoms with E-state index < -0.39 is 0 Å². The Morgan fingerprint density at radius 3 is 2.29 bits per heavy atom. The minimum atomic E-state index is -0.215. The summed E-state index contributed by atoms with van der Waals surface area (Å²) < 4.78 is 0. The van der Waals surface area contributed by atoms with Gasteiger partial charge in [0.25, 0.3) is 11.8 Å². The third-order valence-corrected chi connectivity index (χ3v) is 5.50. The van der Waals surface area contributed by atoms with Gasteiger partial charge < -0.3 is 15.1 Å². The van der Waals surface area contributed by atoms with E-state index in [9.17, 15) is 9.59 Å². The number of rotatable bonds is 5. The van der Waals surface area contributed by atoms with Crippen molar-refractivity contribution in [3.05, 3.63) is 89.6 Å². The monoisotopic (exact) mass is 414 g/mol. The Labute approximate surface area is 182 Å². The second-order valence-corrected chi connectivity index (χ2v) is 7.75. The van der Waals surface area contributed by atoms with Gasteiger partial charge in [-0.15, -0.1) is 0 Å². The predicted molar refractivity (Wildman–Crippen MR) is 121 cm³/mol. The lowest BCUT2D eigenvalue weighted by molar-refractivity contribution is 0.0664. The summed E-state index contributed by atoms with van der Waals surface area (Å²) >= 11 is 0. The molecular formula is C25H26N4O2. The van der Waals surface area contributed by atoms with Gasteiger partial charge >= 0.3 is 0 Å². The zero-order chi connectivity index (χ0) is 21.6. The van der Waals surface area contributed by atoms with Crippen LogP contribution in [0.4, 0.5) is 0 Å². The van der Waals surface area contributed by atoms with Crippen molar-refractivity contribution >= 4 is 11.8 Å². The van der Waals surface area contributed by atoms with Gasteiger partial charge in [0.1, 0.15) is 5.69 Å². The summed E-state index contributed by atoms with van der Waals surface area (Å²) in [6, 6.07) is 22.6. The molecule has 31 heavy (non-hydrogen) atoms. The topological polar surface area (TPSA) is 65.5 Å². The Balaban J connectivity index is 1.42. The molecule has 4 rings (SSSR count). The second-order valence-electron chi connectivity index (χ2n) is 7.75. The van der Waals surface area contributed by atoms with E-state index in [-0.39, 0.29) is 11.8 Å². The van der Waals surface area contributed by atoms with Gasteiger partial charge in [-0.2, -0.15) is 0 Å². The number of nitrogens with one attached hydrogen (secondary N) is 1. The smallest absolute Gasteiger partial charge is 0.270 e. The van der Waals surface area contributed by atoms with Crippen molar-refractivity contribution in [1.82, 2.24) is 20.1 Å². The van der Waals surface area contributed by atoms with Gasteiger partial charge in [0.15, 0.2) is 0 Å². The van der Waals surface area contributed by atoms with Crippen molar-refractivity contribution in [1.29, 1.82) is 0 Å². The molecule has 3 aromatic rings. The zero-order valence-electron chi connectivity index (χ0n) is 17.6. The molecule has 1 aliphatic heterocycles. The SMILES string of the molecule is CN1CCN(C(=O)c2ccc(-c3cccc(C(=O)NCc4ccccc4)n3)cc2)CC1. The molecule has 0 aliphatic carbocycles. The van der Waals surface area contributed by atoms with Gasteiger partial charge in [-0.1, -0.05) is 48.5 Å². The highest BCUT2D eigenvalue weighted by Gasteiger charge is 2.20. The highest BCUT2D eigenvalue weighted by molar-refractivity contribution is 5.95. The molecule has 0 unspecified atom stereocenters. The Morgan fingerprint density at radius 2 is 1.58 bits per heavy atom. The maximum atomic E-state index is 12.7. The van der Waals surface area contributed by atoms with Gasteiger partial charge in [0.2, 0.25) is 0 Å². The van der Waals surface area contributed by atoms with E-state index in [0.717, 1.165) is 37.3 Å². The molecule has 1 aromatic heterocycles. The van der Waals surface area contributed by atoms with E-state index in [1.807, 2.05) is 71.6 Å². The van der Waals surface area contributed by atoms with Crippen LogP contribution in [0.15, 0.2) is 72.8 Å². The van der Waals surface area contributed by atoms with Crippen molar-refractivity contribution in [2.45, 2.75) is 6.54 Å². The van der Waals surface area contributed by atoms with Crippen LogP contribution in [-0.4, -0.2) is 59.8 Å². The van der Waals surface area contributed by atoms with Crippen LogP contribution in [-0.2, 0) is 6.54 Å². The summed E-state index contributed by atoms with van der Waals surface area (Å²) in [6.45, 7) is 3.74. The molecule has 6 nitrogen and oxygen atoms in total. The Kier molecular flexibility index (Phi) is 6.38. The van der Waals surface area contributed by atoms with E-state index in [4.69, 9.17) is 0 Å². The molecule has 1 N–H and O–H groups in total. The van der Waals surface area contributed by atoms with E-state index in [1.165, 1.54) is 0 Å². The number of likely N-dealkylation sites (N-methyl/N-ethyl adjacent to an activating group) is 1. The maximum absolute atomic E-state index is 12.7. The van der Waals surface area contributed by atoms with Crippen LogP contribution in [0.1, 0.15) is 26.4 Å². The summed E-state index contributed by atoms with van der Waals surface area (Å²) in [5.74, 6) is -0.158. The molecule has 0 spiro atoms. The van der Waals surface area contributed by atoms with Crippen molar-refractivity contribution in [2.24, 2.45) is 0 Å². The molecule has 2 aromatic carbocycles. The van der Waals surface area contributed by atoms with E-state index in [1.54, 1.807) is 6.07 Å². The third-order valence-electron chi connectivity index (χ3n) is 5.50. The normalized spacial score (nSPS) is 14.3. The number of aromatic nitrogens is 1. The van der Waals surface area contributed by atoms with Crippen LogP contribution in [0.5, 0.6) is 0 Å². The molecule has 2 amide bonds. The molecule has 2 heterocycles. The molecule has 0 radical (unpaired) electrons. The molecule has 158 valence electrons. The Hall–Kier alpha value is -3.51. The van der Waals surface area contributed by atoms with Crippen LogP contribution in [0.3, 0.4) is 0 Å². The van der Waals surface area contributed by atoms with Crippen molar-refractivity contribution in [2.75, 3.05) is 33.2 Å². The summed E-state index contributed by atoms with van der Waals surface area (Å²) in [7, 11) is 2.07. The first-order valence-corrected chi connectivity index (χ1v) is 10.5. The van der Waals surface area contributed by atoms with Crippen molar-refractivity contribution < 1.29 is 9.59 Å². The number of pyridine rings is 1. The Bertz CT molecular complexity index is 1040. The highest BCUT2D eigenvalue weighted by Crippen LogP contribution is 2.19. The standard InChI is InChI=1S/C25H26N4O2/c1-28-14-16-29(17-15-28)25(31)21-12-10-20(11-13-21)22-8-5-9-23(27-22)24(30)26-18-19-6-3-2-4-7-19/h2-13H,14-18H2,1H3,(H,26,30). The first-order chi connectivity index (χ1) is 15.1. The number of hydrogen-bond acceptors (Lipinski definition) is 4. The summed E-state index contributed by atoms with van der Waals surface area (Å²) in [6.07, 6.45) is 0. The molecule has 0 saturated carbocycles. The van der Waals surface area contributed by atoms with Crippen LogP contribution in [0, 0.1) is 0 Å². The molecule has 0 atom stereocenters. The molecule has 0 bridgehead atoms. The van der Waals surface area contributed by atoms with Gasteiger partial charge in [0.05, 0.1) is 5.69 Å². The Morgan fingerprint density at radius 1 is 0.871 bits per heavy atom. The van der Waals surface area contributed by atoms with Crippen LogP contribution in [0.25, 0.3) is 11.3 Å². The van der Waals surface area contributed by atoms with Crippen molar-refractivity contribution in [3.63, 3.8) is 0 Å². The fraction of sp³-hybridized carbons (Fsp3) is 0.240. The van der Waals surface area contributed by atoms with Crippen LogP contribution in [0.2, 0.25) is 0 Å². The number of hydrogen-bond donors (Lipinski definition) is 1. The lowest BCUT2D eigenvalue weighted by Crippen LogP contribution is -2.47. The van der Waals surface area contributed by atoms with Gasteiger partial charge in [-0.3, -0.25) is 9.59 Å². The number of nitrogens with zero attached hydrogens (tertiary/aromatic N) is 3. The van der Waals surface area contributed by atoms with Gasteiger partial charge in [0, 0.05) is 43.9 Å². The number of benzene rings is 2. The largest absolute Gasteiger partial charge is 0.347 e. The van der Waals surface area contributed by atoms with Crippen molar-refractivity contribution in [3.8, 4) is 11.3 Å². The minimum absolute atomic E-state index is 0.0571. The second kappa shape index (κ2) is 9.53. The van der Waals surface area contributed by atoms with E-state index in [2.05, 4.69) is 22.2 Å². The molecule has 1 aliphatic rings. The fourth-order valence-electron chi connectivity index (χ4n) is 3.57. The average molecular weight is 415 g/mol.